The van der Waals surface area contributed by atoms with Gasteiger partial charge in [-0.2, -0.15) is 0 Å². The fraction of sp³-hybridized carbons (Fsp3) is 0.154. The fourth-order valence-corrected chi connectivity index (χ4v) is 1.80. The van der Waals surface area contributed by atoms with Crippen molar-refractivity contribution >= 4 is 5.97 Å². The Kier molecular flexibility index (Phi) is 3.79. The van der Waals surface area contributed by atoms with Gasteiger partial charge in [0.1, 0.15) is 5.82 Å². The topological polar surface area (TPSA) is 83.0 Å². The van der Waals surface area contributed by atoms with E-state index in [2.05, 4.69) is 9.97 Å². The number of carbonyl (C=O) groups is 1. The SMILES string of the molecule is Cc1nc(-c2cc(F)c(F)c(F)c2)[nH]c(=O)c1CC(=O)O. The molecule has 0 aliphatic rings. The van der Waals surface area contributed by atoms with Crippen LogP contribution >= 0.6 is 0 Å². The van der Waals surface area contributed by atoms with Crippen LogP contribution in [0.3, 0.4) is 0 Å². The van der Waals surface area contributed by atoms with E-state index in [1.807, 2.05) is 0 Å². The number of nitrogens with one attached hydrogen (secondary N) is 1. The smallest absolute Gasteiger partial charge is 0.308 e. The van der Waals surface area contributed by atoms with Crippen LogP contribution in [0.5, 0.6) is 0 Å². The number of rotatable bonds is 3. The molecule has 110 valence electrons. The zero-order valence-electron chi connectivity index (χ0n) is 10.7. The molecular formula is C13H9F3N2O3. The maximum absolute atomic E-state index is 13.2. The van der Waals surface area contributed by atoms with Crippen molar-refractivity contribution in [1.82, 2.24) is 9.97 Å². The highest BCUT2D eigenvalue weighted by Gasteiger charge is 2.16. The Labute approximate surface area is 116 Å². The van der Waals surface area contributed by atoms with E-state index in [0.29, 0.717) is 12.1 Å². The Hall–Kier alpha value is -2.64. The van der Waals surface area contributed by atoms with Crippen LogP contribution in [-0.2, 0) is 11.2 Å². The monoisotopic (exact) mass is 298 g/mol. The van der Waals surface area contributed by atoms with E-state index in [0.717, 1.165) is 0 Å². The fourth-order valence-electron chi connectivity index (χ4n) is 1.80. The average Bonchev–Trinajstić information content (AvgIpc) is 2.39. The minimum Gasteiger partial charge on any atom is -0.481 e. The van der Waals surface area contributed by atoms with E-state index in [4.69, 9.17) is 5.11 Å². The number of nitrogens with zero attached hydrogens (tertiary/aromatic N) is 1. The molecule has 0 amide bonds. The van der Waals surface area contributed by atoms with Gasteiger partial charge in [0.15, 0.2) is 17.5 Å². The second-order valence-corrected chi connectivity index (χ2v) is 4.30. The number of halogens is 3. The number of aliphatic carboxylic acids is 1. The molecule has 1 aromatic heterocycles. The van der Waals surface area contributed by atoms with Gasteiger partial charge in [-0.1, -0.05) is 0 Å². The molecule has 0 radical (unpaired) electrons. The van der Waals surface area contributed by atoms with E-state index in [1.54, 1.807) is 0 Å². The van der Waals surface area contributed by atoms with E-state index >= 15 is 0 Å². The van der Waals surface area contributed by atoms with Crippen molar-refractivity contribution in [1.29, 1.82) is 0 Å². The van der Waals surface area contributed by atoms with E-state index in [9.17, 15) is 22.8 Å². The van der Waals surface area contributed by atoms with Crippen molar-refractivity contribution in [3.05, 3.63) is 51.2 Å². The number of aromatic amines is 1. The molecule has 2 rings (SSSR count). The van der Waals surface area contributed by atoms with Gasteiger partial charge in [-0.3, -0.25) is 9.59 Å². The molecule has 0 saturated carbocycles. The van der Waals surface area contributed by atoms with Gasteiger partial charge >= 0.3 is 5.97 Å². The second kappa shape index (κ2) is 5.39. The molecule has 0 aliphatic heterocycles. The Morgan fingerprint density at radius 1 is 1.29 bits per heavy atom. The van der Waals surface area contributed by atoms with Crippen molar-refractivity contribution in [3.8, 4) is 11.4 Å². The van der Waals surface area contributed by atoms with Crippen LogP contribution in [0.25, 0.3) is 11.4 Å². The first-order valence-corrected chi connectivity index (χ1v) is 5.76. The van der Waals surface area contributed by atoms with Gasteiger partial charge in [-0.25, -0.2) is 18.2 Å². The van der Waals surface area contributed by atoms with Crippen molar-refractivity contribution in [2.45, 2.75) is 13.3 Å². The van der Waals surface area contributed by atoms with E-state index in [-0.39, 0.29) is 22.6 Å². The largest absolute Gasteiger partial charge is 0.481 e. The quantitative estimate of drug-likeness (QED) is 0.846. The molecule has 1 aromatic carbocycles. The van der Waals surface area contributed by atoms with Gasteiger partial charge in [-0.15, -0.1) is 0 Å². The lowest BCUT2D eigenvalue weighted by Crippen LogP contribution is -2.20. The first-order valence-electron chi connectivity index (χ1n) is 5.76. The van der Waals surface area contributed by atoms with E-state index in [1.165, 1.54) is 6.92 Å². The zero-order valence-corrected chi connectivity index (χ0v) is 10.7. The average molecular weight is 298 g/mol. The third-order valence-electron chi connectivity index (χ3n) is 2.81. The lowest BCUT2D eigenvalue weighted by Gasteiger charge is -2.07. The summed E-state index contributed by atoms with van der Waals surface area (Å²) in [5.74, 6) is -5.85. The molecule has 0 atom stereocenters. The Morgan fingerprint density at radius 3 is 2.33 bits per heavy atom. The molecule has 2 aromatic rings. The van der Waals surface area contributed by atoms with Crippen LogP contribution in [0, 0.1) is 24.4 Å². The van der Waals surface area contributed by atoms with Crippen LogP contribution < -0.4 is 5.56 Å². The van der Waals surface area contributed by atoms with E-state index < -0.39 is 35.4 Å². The van der Waals surface area contributed by atoms with Crippen molar-refractivity contribution < 1.29 is 23.1 Å². The maximum atomic E-state index is 13.2. The molecule has 2 N–H and O–H groups in total. The number of carboxylic acids is 1. The van der Waals surface area contributed by atoms with Crippen molar-refractivity contribution in [2.75, 3.05) is 0 Å². The Balaban J connectivity index is 2.57. The zero-order chi connectivity index (χ0) is 15.7. The van der Waals surface area contributed by atoms with Gasteiger partial charge in [-0.05, 0) is 19.1 Å². The minimum absolute atomic E-state index is 0.0608. The number of benzene rings is 1. The van der Waals surface area contributed by atoms with Crippen LogP contribution in [0.2, 0.25) is 0 Å². The summed E-state index contributed by atoms with van der Waals surface area (Å²) in [4.78, 5) is 28.5. The summed E-state index contributed by atoms with van der Waals surface area (Å²) in [6, 6.07) is 1.37. The van der Waals surface area contributed by atoms with Crippen molar-refractivity contribution in [2.24, 2.45) is 0 Å². The molecule has 0 fully saturated rings. The molecule has 1 heterocycles. The van der Waals surface area contributed by atoms with Crippen LogP contribution in [0.15, 0.2) is 16.9 Å². The molecule has 0 spiro atoms. The van der Waals surface area contributed by atoms with Crippen molar-refractivity contribution in [3.63, 3.8) is 0 Å². The highest BCUT2D eigenvalue weighted by atomic mass is 19.2. The van der Waals surface area contributed by atoms with Gasteiger partial charge in [0.25, 0.3) is 5.56 Å². The molecular weight excluding hydrogens is 289 g/mol. The summed E-state index contributed by atoms with van der Waals surface area (Å²) < 4.78 is 39.2. The molecule has 21 heavy (non-hydrogen) atoms. The number of aromatic nitrogens is 2. The molecule has 0 bridgehead atoms. The summed E-state index contributed by atoms with van der Waals surface area (Å²) in [7, 11) is 0. The first-order chi connectivity index (χ1) is 9.79. The predicted octanol–water partition coefficient (Wildman–Crippen LogP) is 1.79. The van der Waals surface area contributed by atoms with Gasteiger partial charge < -0.3 is 10.1 Å². The number of hydrogen-bond acceptors (Lipinski definition) is 3. The van der Waals surface area contributed by atoms with Crippen LogP contribution in [-0.4, -0.2) is 21.0 Å². The Bertz CT molecular complexity index is 764. The molecule has 0 aliphatic carbocycles. The summed E-state index contributed by atoms with van der Waals surface area (Å²) in [5, 5.41) is 8.68. The number of carboxylic acid groups (broad SMARTS) is 1. The van der Waals surface area contributed by atoms with Gasteiger partial charge in [0.05, 0.1) is 6.42 Å². The predicted molar refractivity (Wildman–Crippen MR) is 66.2 cm³/mol. The standard InChI is InChI=1S/C13H9F3N2O3/c1-5-7(4-10(19)20)13(21)18-12(17-5)6-2-8(14)11(16)9(15)3-6/h2-3H,4H2,1H3,(H,19,20)(H,17,18,21). The third kappa shape index (κ3) is 2.93. The molecule has 5 nitrogen and oxygen atoms in total. The summed E-state index contributed by atoms with van der Waals surface area (Å²) in [6.45, 7) is 1.40. The summed E-state index contributed by atoms with van der Waals surface area (Å²) >= 11 is 0. The van der Waals surface area contributed by atoms with Gasteiger partial charge in [0, 0.05) is 16.8 Å². The van der Waals surface area contributed by atoms with Crippen LogP contribution in [0.1, 0.15) is 11.3 Å². The molecule has 8 heteroatoms. The second-order valence-electron chi connectivity index (χ2n) is 4.30. The lowest BCUT2D eigenvalue weighted by atomic mass is 10.1. The number of aryl methyl sites for hydroxylation is 1. The first kappa shape index (κ1) is 14.8. The lowest BCUT2D eigenvalue weighted by molar-refractivity contribution is -0.136. The highest BCUT2D eigenvalue weighted by Crippen LogP contribution is 2.20. The normalized spacial score (nSPS) is 10.7. The van der Waals surface area contributed by atoms with Crippen LogP contribution in [0.4, 0.5) is 13.2 Å². The summed E-state index contributed by atoms with van der Waals surface area (Å²) in [6.07, 6.45) is -0.527. The van der Waals surface area contributed by atoms with Gasteiger partial charge in [0.2, 0.25) is 0 Å². The molecule has 0 unspecified atom stereocenters. The maximum Gasteiger partial charge on any atom is 0.308 e. The highest BCUT2D eigenvalue weighted by molar-refractivity contribution is 5.70. The third-order valence-corrected chi connectivity index (χ3v) is 2.81. The number of H-pyrrole nitrogens is 1. The number of hydrogen-bond donors (Lipinski definition) is 2. The Morgan fingerprint density at radius 2 is 1.86 bits per heavy atom. The summed E-state index contributed by atoms with van der Waals surface area (Å²) in [5.41, 5.74) is -0.839. The molecule has 0 saturated heterocycles. The minimum atomic E-state index is -1.62.